The zero-order valence-corrected chi connectivity index (χ0v) is 10.1. The molecule has 0 bridgehead atoms. The molecule has 0 saturated carbocycles. The third-order valence-corrected chi connectivity index (χ3v) is 2.14. The molecule has 0 spiro atoms. The number of benzene rings is 1. The van der Waals surface area contributed by atoms with Gasteiger partial charge in [-0.15, -0.1) is 0 Å². The van der Waals surface area contributed by atoms with Crippen molar-refractivity contribution in [3.8, 4) is 5.75 Å². The van der Waals surface area contributed by atoms with E-state index in [1.165, 1.54) is 5.56 Å². The molecule has 1 rings (SSSR count). The van der Waals surface area contributed by atoms with Crippen LogP contribution in [-0.4, -0.2) is 5.60 Å². The Morgan fingerprint density at radius 2 is 1.80 bits per heavy atom. The lowest BCUT2D eigenvalue weighted by Crippen LogP contribution is -2.28. The van der Waals surface area contributed by atoms with Crippen LogP contribution in [0.3, 0.4) is 0 Å². The number of rotatable bonds is 4. The minimum absolute atomic E-state index is 0.179. The molecule has 0 unspecified atom stereocenters. The summed E-state index contributed by atoms with van der Waals surface area (Å²) in [7, 11) is 0. The maximum absolute atomic E-state index is 5.91. The summed E-state index contributed by atoms with van der Waals surface area (Å²) >= 11 is 0. The minimum Gasteiger partial charge on any atom is -0.488 e. The molecule has 0 aromatic heterocycles. The lowest BCUT2D eigenvalue weighted by molar-refractivity contribution is 0.110. The molecule has 0 fully saturated rings. The molecule has 1 aromatic rings. The molecular formula is C14H20O. The molecular weight excluding hydrogens is 184 g/mol. The van der Waals surface area contributed by atoms with Crippen LogP contribution < -0.4 is 4.74 Å². The maximum atomic E-state index is 5.91. The Bertz CT molecular complexity index is 333. The highest BCUT2D eigenvalue weighted by atomic mass is 16.5. The fourth-order valence-electron chi connectivity index (χ4n) is 1.69. The summed E-state index contributed by atoms with van der Waals surface area (Å²) in [6, 6.07) is 8.14. The van der Waals surface area contributed by atoms with E-state index in [0.717, 1.165) is 17.7 Å². The summed E-state index contributed by atoms with van der Waals surface area (Å²) < 4.78 is 5.91. The van der Waals surface area contributed by atoms with Gasteiger partial charge in [0.25, 0.3) is 0 Å². The normalized spacial score (nSPS) is 11.2. The van der Waals surface area contributed by atoms with Gasteiger partial charge < -0.3 is 4.74 Å². The van der Waals surface area contributed by atoms with Crippen LogP contribution in [0.1, 0.15) is 32.8 Å². The second-order valence-corrected chi connectivity index (χ2v) is 4.81. The molecule has 0 radical (unpaired) electrons. The van der Waals surface area contributed by atoms with Crippen molar-refractivity contribution in [1.82, 2.24) is 0 Å². The third kappa shape index (κ3) is 4.20. The van der Waals surface area contributed by atoms with Gasteiger partial charge in [-0.3, -0.25) is 0 Å². The molecule has 1 nitrogen and oxygen atoms in total. The standard InChI is InChI=1S/C14H20O/c1-11(2)10-14(4,5)15-13-8-6-12(3)7-9-13/h6-9H,1,10H2,2-5H3. The minimum atomic E-state index is -0.179. The zero-order valence-electron chi connectivity index (χ0n) is 10.1. The van der Waals surface area contributed by atoms with Gasteiger partial charge in [0.15, 0.2) is 0 Å². The van der Waals surface area contributed by atoms with Crippen molar-refractivity contribution in [2.75, 3.05) is 0 Å². The number of aryl methyl sites for hydroxylation is 1. The molecule has 0 aliphatic rings. The van der Waals surface area contributed by atoms with Gasteiger partial charge in [0, 0.05) is 6.42 Å². The first-order valence-electron chi connectivity index (χ1n) is 5.29. The van der Waals surface area contributed by atoms with Crippen molar-refractivity contribution in [2.45, 2.75) is 39.7 Å². The summed E-state index contributed by atoms with van der Waals surface area (Å²) in [5.74, 6) is 0.923. The van der Waals surface area contributed by atoms with Gasteiger partial charge in [0.2, 0.25) is 0 Å². The van der Waals surface area contributed by atoms with E-state index in [1.54, 1.807) is 0 Å². The van der Waals surface area contributed by atoms with Gasteiger partial charge in [0.05, 0.1) is 0 Å². The van der Waals surface area contributed by atoms with E-state index in [0.29, 0.717) is 0 Å². The molecule has 0 N–H and O–H groups in total. The fourth-order valence-corrected chi connectivity index (χ4v) is 1.69. The Kier molecular flexibility index (Phi) is 3.57. The summed E-state index contributed by atoms with van der Waals surface area (Å²) in [5, 5.41) is 0. The number of hydrogen-bond donors (Lipinski definition) is 0. The second-order valence-electron chi connectivity index (χ2n) is 4.81. The highest BCUT2D eigenvalue weighted by Gasteiger charge is 2.19. The van der Waals surface area contributed by atoms with Crippen LogP contribution in [-0.2, 0) is 0 Å². The van der Waals surface area contributed by atoms with E-state index in [2.05, 4.69) is 39.5 Å². The number of hydrogen-bond acceptors (Lipinski definition) is 1. The molecule has 0 atom stereocenters. The van der Waals surface area contributed by atoms with Gasteiger partial charge in [-0.05, 0) is 39.8 Å². The molecule has 0 amide bonds. The zero-order chi connectivity index (χ0) is 11.5. The second kappa shape index (κ2) is 4.52. The summed E-state index contributed by atoms with van der Waals surface area (Å²) in [6.45, 7) is 12.2. The molecule has 0 saturated heterocycles. The van der Waals surface area contributed by atoms with Crippen molar-refractivity contribution in [2.24, 2.45) is 0 Å². The SMILES string of the molecule is C=C(C)CC(C)(C)Oc1ccc(C)cc1. The third-order valence-electron chi connectivity index (χ3n) is 2.14. The smallest absolute Gasteiger partial charge is 0.120 e. The Morgan fingerprint density at radius 1 is 1.27 bits per heavy atom. The average molecular weight is 204 g/mol. The Balaban J connectivity index is 2.68. The van der Waals surface area contributed by atoms with Gasteiger partial charge in [0.1, 0.15) is 11.4 Å². The van der Waals surface area contributed by atoms with Crippen LogP contribution in [0.2, 0.25) is 0 Å². The highest BCUT2D eigenvalue weighted by molar-refractivity contribution is 5.27. The van der Waals surface area contributed by atoms with Crippen LogP contribution in [0.4, 0.5) is 0 Å². The first-order chi connectivity index (χ1) is 6.89. The monoisotopic (exact) mass is 204 g/mol. The highest BCUT2D eigenvalue weighted by Crippen LogP contribution is 2.23. The largest absolute Gasteiger partial charge is 0.488 e. The van der Waals surface area contributed by atoms with Crippen LogP contribution in [0.25, 0.3) is 0 Å². The topological polar surface area (TPSA) is 9.23 Å². The first kappa shape index (κ1) is 11.8. The van der Waals surface area contributed by atoms with Crippen molar-refractivity contribution in [3.63, 3.8) is 0 Å². The number of ether oxygens (including phenoxy) is 1. The molecule has 0 heterocycles. The molecule has 15 heavy (non-hydrogen) atoms. The summed E-state index contributed by atoms with van der Waals surface area (Å²) in [6.07, 6.45) is 0.876. The van der Waals surface area contributed by atoms with Crippen molar-refractivity contribution >= 4 is 0 Å². The quantitative estimate of drug-likeness (QED) is 0.670. The van der Waals surface area contributed by atoms with Gasteiger partial charge in [-0.2, -0.15) is 0 Å². The molecule has 1 heteroatoms. The predicted octanol–water partition coefficient (Wildman–Crippen LogP) is 4.12. The molecule has 82 valence electrons. The van der Waals surface area contributed by atoms with Crippen molar-refractivity contribution in [3.05, 3.63) is 42.0 Å². The van der Waals surface area contributed by atoms with Gasteiger partial charge >= 0.3 is 0 Å². The van der Waals surface area contributed by atoms with Crippen LogP contribution in [0.5, 0.6) is 5.75 Å². The Labute approximate surface area is 92.8 Å². The molecule has 0 aliphatic carbocycles. The first-order valence-corrected chi connectivity index (χ1v) is 5.29. The van der Waals surface area contributed by atoms with Crippen LogP contribution >= 0.6 is 0 Å². The van der Waals surface area contributed by atoms with E-state index in [-0.39, 0.29) is 5.60 Å². The van der Waals surface area contributed by atoms with Crippen molar-refractivity contribution in [1.29, 1.82) is 0 Å². The molecule has 0 aliphatic heterocycles. The van der Waals surface area contributed by atoms with E-state index in [1.807, 2.05) is 19.1 Å². The van der Waals surface area contributed by atoms with Gasteiger partial charge in [-0.25, -0.2) is 0 Å². The van der Waals surface area contributed by atoms with E-state index < -0.39 is 0 Å². The van der Waals surface area contributed by atoms with E-state index in [4.69, 9.17) is 4.74 Å². The van der Waals surface area contributed by atoms with E-state index in [9.17, 15) is 0 Å². The van der Waals surface area contributed by atoms with Crippen LogP contribution in [0, 0.1) is 6.92 Å². The predicted molar refractivity (Wildman–Crippen MR) is 65.3 cm³/mol. The maximum Gasteiger partial charge on any atom is 0.120 e. The Hall–Kier alpha value is -1.24. The summed E-state index contributed by atoms with van der Waals surface area (Å²) in [4.78, 5) is 0. The van der Waals surface area contributed by atoms with E-state index >= 15 is 0 Å². The van der Waals surface area contributed by atoms with Crippen molar-refractivity contribution < 1.29 is 4.74 Å². The van der Waals surface area contributed by atoms with Gasteiger partial charge in [-0.1, -0.05) is 29.8 Å². The average Bonchev–Trinajstić information content (AvgIpc) is 2.06. The fraction of sp³-hybridized carbons (Fsp3) is 0.429. The van der Waals surface area contributed by atoms with Crippen LogP contribution in [0.15, 0.2) is 36.4 Å². The Morgan fingerprint density at radius 3 is 2.27 bits per heavy atom. The lowest BCUT2D eigenvalue weighted by Gasteiger charge is -2.26. The lowest BCUT2D eigenvalue weighted by atomic mass is 10.0. The molecule has 1 aromatic carbocycles. The summed E-state index contributed by atoms with van der Waals surface area (Å²) in [5.41, 5.74) is 2.22.